The highest BCUT2D eigenvalue weighted by Crippen LogP contribution is 2.44. The van der Waals surface area contributed by atoms with E-state index in [1.54, 1.807) is 0 Å². The van der Waals surface area contributed by atoms with Gasteiger partial charge in [0.2, 0.25) is 5.28 Å². The number of hydrogen-bond acceptors (Lipinski definition) is 9. The van der Waals surface area contributed by atoms with E-state index < -0.39 is 38.0 Å². The molecule has 0 amide bonds. The second kappa shape index (κ2) is 10.9. The van der Waals surface area contributed by atoms with Crippen molar-refractivity contribution in [3.63, 3.8) is 0 Å². The van der Waals surface area contributed by atoms with Gasteiger partial charge in [-0.1, -0.05) is 30.3 Å². The monoisotopic (exact) mass is 553 g/mol. The summed E-state index contributed by atoms with van der Waals surface area (Å²) in [6.45, 7) is 0.405. The lowest BCUT2D eigenvalue weighted by Gasteiger charge is -2.22. The number of rotatable bonds is 11. The maximum atomic E-state index is 12.0. The van der Waals surface area contributed by atoms with E-state index in [2.05, 4.69) is 20.4 Å². The van der Waals surface area contributed by atoms with E-state index in [9.17, 15) is 24.6 Å². The second-order valence-corrected chi connectivity index (χ2v) is 11.5. The van der Waals surface area contributed by atoms with Gasteiger partial charge in [-0.3, -0.25) is 4.57 Å². The van der Waals surface area contributed by atoms with Gasteiger partial charge < -0.3 is 34.8 Å². The van der Waals surface area contributed by atoms with E-state index in [1.165, 1.54) is 10.9 Å². The number of benzene rings is 1. The number of aliphatic hydroxyl groups is 2. The molecule has 200 valence electrons. The first kappa shape index (κ1) is 26.5. The predicted octanol–water partition coefficient (Wildman–Crippen LogP) is 2.07. The summed E-state index contributed by atoms with van der Waals surface area (Å²) in [6, 6.07) is 9.26. The molecule has 0 unspecified atom stereocenters. The van der Waals surface area contributed by atoms with Crippen LogP contribution in [-0.4, -0.2) is 77.1 Å². The van der Waals surface area contributed by atoms with Crippen LogP contribution in [0.25, 0.3) is 11.0 Å². The second-order valence-electron chi connectivity index (χ2n) is 9.44. The minimum atomic E-state index is -4.60. The molecule has 2 aliphatic rings. The Bertz CT molecular complexity index is 1270. The van der Waals surface area contributed by atoms with Crippen molar-refractivity contribution >= 4 is 36.0 Å². The molecule has 2 fully saturated rings. The Morgan fingerprint density at radius 2 is 1.95 bits per heavy atom. The molecule has 0 bridgehead atoms. The molecule has 5 rings (SSSR count). The van der Waals surface area contributed by atoms with Crippen molar-refractivity contribution in [1.29, 1.82) is 0 Å². The van der Waals surface area contributed by atoms with Gasteiger partial charge in [-0.15, -0.1) is 0 Å². The van der Waals surface area contributed by atoms with E-state index in [0.717, 1.165) is 24.9 Å². The summed E-state index contributed by atoms with van der Waals surface area (Å²) in [5, 5.41) is 29.5. The highest BCUT2D eigenvalue weighted by Gasteiger charge is 2.46. The Morgan fingerprint density at radius 3 is 2.65 bits per heavy atom. The molecular formula is C23H29ClN5O7P. The molecule has 0 radical (unpaired) electrons. The smallest absolute Gasteiger partial charge is 0.354 e. The Kier molecular flexibility index (Phi) is 7.80. The number of hydrogen-bond donors (Lipinski definition) is 5. The summed E-state index contributed by atoms with van der Waals surface area (Å²) in [4.78, 5) is 28.1. The zero-order valence-corrected chi connectivity index (χ0v) is 21.4. The van der Waals surface area contributed by atoms with Crippen LogP contribution in [0.1, 0.15) is 31.1 Å². The number of ether oxygens (including phenoxy) is 2. The molecule has 14 heteroatoms. The Balaban J connectivity index is 1.28. The molecule has 0 spiro atoms. The molecular weight excluding hydrogens is 525 g/mol. The summed E-state index contributed by atoms with van der Waals surface area (Å²) in [5.41, 5.74) is 1.22. The molecule has 3 aromatic rings. The first-order valence-corrected chi connectivity index (χ1v) is 14.1. The summed E-state index contributed by atoms with van der Waals surface area (Å²) in [6.07, 6.45) is -0.658. The highest BCUT2D eigenvalue weighted by atomic mass is 35.5. The summed E-state index contributed by atoms with van der Waals surface area (Å²) in [7, 11) is -4.60. The van der Waals surface area contributed by atoms with Crippen LogP contribution < -0.4 is 5.32 Å². The summed E-state index contributed by atoms with van der Waals surface area (Å²) < 4.78 is 24.7. The van der Waals surface area contributed by atoms with Gasteiger partial charge in [0, 0.05) is 6.54 Å². The largest absolute Gasteiger partial charge is 0.387 e. The Morgan fingerprint density at radius 1 is 1.19 bits per heavy atom. The zero-order valence-electron chi connectivity index (χ0n) is 19.8. The Labute approximate surface area is 217 Å². The van der Waals surface area contributed by atoms with Crippen LogP contribution in [0.3, 0.4) is 0 Å². The van der Waals surface area contributed by atoms with Crippen LogP contribution in [0.4, 0.5) is 5.82 Å². The Hall–Kier alpha value is -2.15. The normalized spacial score (nSPS) is 25.0. The topological polar surface area (TPSA) is 172 Å². The lowest BCUT2D eigenvalue weighted by molar-refractivity contribution is -0.0766. The van der Waals surface area contributed by atoms with E-state index in [0.29, 0.717) is 29.2 Å². The van der Waals surface area contributed by atoms with Gasteiger partial charge in [-0.2, -0.15) is 15.1 Å². The van der Waals surface area contributed by atoms with Gasteiger partial charge in [0.05, 0.1) is 18.2 Å². The third-order valence-electron chi connectivity index (χ3n) is 6.61. The SMILES string of the molecule is O=P(O)(O)[C@@H](CCc1ccccc1)OC[C@H]1O[C@@H](n2ncc3c(NCC4CC4)nc(Cl)nc32)[C@H](O)[C@@H]1O. The number of halogens is 1. The van der Waals surface area contributed by atoms with Gasteiger partial charge in [-0.05, 0) is 48.8 Å². The van der Waals surface area contributed by atoms with Crippen molar-refractivity contribution in [2.75, 3.05) is 18.5 Å². The molecule has 12 nitrogen and oxygen atoms in total. The predicted molar refractivity (Wildman–Crippen MR) is 134 cm³/mol. The number of aryl methyl sites for hydroxylation is 1. The maximum absolute atomic E-state index is 12.0. The van der Waals surface area contributed by atoms with Crippen LogP contribution >= 0.6 is 19.2 Å². The van der Waals surface area contributed by atoms with Crippen molar-refractivity contribution in [1.82, 2.24) is 19.7 Å². The van der Waals surface area contributed by atoms with E-state index >= 15 is 0 Å². The maximum Gasteiger partial charge on any atom is 0.354 e. The number of nitrogens with one attached hydrogen (secondary N) is 1. The molecule has 37 heavy (non-hydrogen) atoms. The third-order valence-corrected chi connectivity index (χ3v) is 7.94. The fourth-order valence-corrected chi connectivity index (χ4v) is 5.25. The molecule has 1 aliphatic carbocycles. The van der Waals surface area contributed by atoms with Crippen molar-refractivity contribution in [2.24, 2.45) is 5.92 Å². The van der Waals surface area contributed by atoms with E-state index in [-0.39, 0.29) is 18.3 Å². The fraction of sp³-hybridized carbons (Fsp3) is 0.522. The standard InChI is InChI=1S/C23H29ClN5O7P/c24-23-27-20(25-10-14-6-7-14)15-11-26-29(21(15)28-23)22-19(31)18(30)16(36-22)12-35-17(37(32,33)34)9-8-13-4-2-1-3-5-13/h1-5,11,14,16-19,22,30-31H,6-10,12H2,(H,25,27,28)(H2,32,33,34)/t16-,17+,18-,19-,22-/m1/s1. The minimum Gasteiger partial charge on any atom is -0.387 e. The van der Waals surface area contributed by atoms with Gasteiger partial charge in [0.15, 0.2) is 17.7 Å². The van der Waals surface area contributed by atoms with Crippen LogP contribution in [0, 0.1) is 5.92 Å². The summed E-state index contributed by atoms with van der Waals surface area (Å²) >= 11 is 6.14. The van der Waals surface area contributed by atoms with Gasteiger partial charge in [0.25, 0.3) is 0 Å². The lowest BCUT2D eigenvalue weighted by atomic mass is 10.1. The average molecular weight is 554 g/mol. The molecule has 5 N–H and O–H groups in total. The van der Waals surface area contributed by atoms with Crippen molar-refractivity contribution < 1.29 is 34.0 Å². The number of anilines is 1. The highest BCUT2D eigenvalue weighted by molar-refractivity contribution is 7.52. The number of nitrogens with zero attached hydrogens (tertiary/aromatic N) is 4. The molecule has 1 saturated carbocycles. The minimum absolute atomic E-state index is 0.0108. The third kappa shape index (κ3) is 6.13. The number of aliphatic hydroxyl groups excluding tert-OH is 2. The average Bonchev–Trinajstić information content (AvgIpc) is 3.54. The molecule has 2 aromatic heterocycles. The first-order valence-electron chi connectivity index (χ1n) is 12.1. The van der Waals surface area contributed by atoms with Crippen LogP contribution in [0.2, 0.25) is 5.28 Å². The van der Waals surface area contributed by atoms with Crippen LogP contribution in [0.15, 0.2) is 36.5 Å². The van der Waals surface area contributed by atoms with Crippen molar-refractivity contribution in [3.8, 4) is 0 Å². The summed E-state index contributed by atoms with van der Waals surface area (Å²) in [5.74, 6) is -0.278. The molecule has 1 aromatic carbocycles. The van der Waals surface area contributed by atoms with Crippen molar-refractivity contribution in [2.45, 2.75) is 56.1 Å². The number of aromatic nitrogens is 4. The van der Waals surface area contributed by atoms with Crippen LogP contribution in [0.5, 0.6) is 0 Å². The van der Waals surface area contributed by atoms with Crippen LogP contribution in [-0.2, 0) is 20.5 Å². The first-order chi connectivity index (χ1) is 17.7. The van der Waals surface area contributed by atoms with Gasteiger partial charge in [-0.25, -0.2) is 4.68 Å². The molecule has 5 atom stereocenters. The lowest BCUT2D eigenvalue weighted by Crippen LogP contribution is -2.35. The quantitative estimate of drug-likeness (QED) is 0.174. The van der Waals surface area contributed by atoms with Gasteiger partial charge in [0.1, 0.15) is 24.1 Å². The van der Waals surface area contributed by atoms with E-state index in [1.807, 2.05) is 30.3 Å². The van der Waals surface area contributed by atoms with Gasteiger partial charge >= 0.3 is 7.60 Å². The van der Waals surface area contributed by atoms with E-state index in [4.69, 9.17) is 21.1 Å². The fourth-order valence-electron chi connectivity index (χ4n) is 4.34. The molecule has 1 saturated heterocycles. The zero-order chi connectivity index (χ0) is 26.2. The number of fused-ring (bicyclic) bond motifs is 1. The molecule has 1 aliphatic heterocycles. The van der Waals surface area contributed by atoms with Crippen molar-refractivity contribution in [3.05, 3.63) is 47.4 Å². The molecule has 3 heterocycles.